The summed E-state index contributed by atoms with van der Waals surface area (Å²) in [6.07, 6.45) is 1.52. The summed E-state index contributed by atoms with van der Waals surface area (Å²) in [5.74, 6) is 0. The smallest absolute Gasteiger partial charge is 0.136 e. The van der Waals surface area contributed by atoms with Crippen molar-refractivity contribution >= 4 is 87.0 Å². The van der Waals surface area contributed by atoms with Crippen molar-refractivity contribution in [2.45, 2.75) is 6.92 Å². The Morgan fingerprint density at radius 3 is 1.23 bits per heavy atom. The minimum Gasteiger partial charge on any atom is -0.456 e. The molecule has 0 saturated carbocycles. The monoisotopic (exact) mass is 1190 g/mol. The molecule has 3 aromatic heterocycles. The van der Waals surface area contributed by atoms with E-state index in [9.17, 15) is 9.60 Å². The number of hydrogen-bond donors (Lipinski definition) is 0. The maximum absolute atomic E-state index is 9.33. The van der Waals surface area contributed by atoms with Gasteiger partial charge in [0.2, 0.25) is 0 Å². The average molecular weight is 1190 g/mol. The van der Waals surface area contributed by atoms with Crippen LogP contribution in [-0.4, -0.2) is 4.98 Å². The van der Waals surface area contributed by atoms with Crippen molar-refractivity contribution in [3.05, 3.63) is 333 Å². The van der Waals surface area contributed by atoms with Crippen molar-refractivity contribution in [2.75, 3.05) is 0 Å². The van der Waals surface area contributed by atoms with Gasteiger partial charge in [-0.05, 0) is 171 Å². The predicted molar refractivity (Wildman–Crippen MR) is 383 cm³/mol. The molecule has 0 N–H and O–H groups in total. The van der Waals surface area contributed by atoms with E-state index in [2.05, 4.69) is 23.2 Å². The SMILES string of the molecule is [2H]c1c([2H])c([2H])c(-c2c3c([2H])c([2H])c([2H])c([2H])c3c(-c3ccc(-c4c([2H])c([2H])c5oc6c([2H])c([2H])c(C)c([2H])c6c5c4-c4ccccn4)cc3)c3c([2H])c([2H])c([2H])c([2H])c23)c([2H])c1[2H].[2H]c1c([2H])c([2H])c2c(-c3ccc(-c4ccc5oc6ccccc6c5c4-c4ccccc4)cc3)c3c([2H])c([2H])c([2H])c([2H])c3c(-c3ccccc3)c2c1[2H]. The van der Waals surface area contributed by atoms with E-state index in [-0.39, 0.29) is 147 Å². The number of para-hydroxylation sites is 1. The van der Waals surface area contributed by atoms with E-state index >= 15 is 0 Å². The largest absolute Gasteiger partial charge is 0.456 e. The van der Waals surface area contributed by atoms with Crippen molar-refractivity contribution in [3.8, 4) is 89.1 Å². The molecule has 3 heteroatoms. The topological polar surface area (TPSA) is 39.2 Å². The molecule has 0 unspecified atom stereocenters. The Hall–Kier alpha value is -11.9. The summed E-state index contributed by atoms with van der Waals surface area (Å²) < 4.78 is 243. The molecule has 0 radical (unpaired) electrons. The average Bonchev–Trinajstić information content (AvgIpc) is 1.56. The first-order valence-electron chi connectivity index (χ1n) is 42.0. The van der Waals surface area contributed by atoms with E-state index in [1.807, 2.05) is 78.9 Å². The van der Waals surface area contributed by atoms with Crippen LogP contribution in [-0.2, 0) is 0 Å². The molecule has 0 atom stereocenters. The summed E-state index contributed by atoms with van der Waals surface area (Å²) in [4.78, 5) is 4.56. The number of benzene rings is 15. The fourth-order valence-corrected chi connectivity index (χ4v) is 12.6. The quantitative estimate of drug-likeness (QED) is 0.142. The molecular weight excluding hydrogens is 1100 g/mol. The minimum atomic E-state index is -0.773. The number of nitrogens with zero attached hydrogens (tertiary/aromatic N) is 1. The molecule has 0 fully saturated rings. The molecule has 18 aromatic rings. The molecule has 3 nitrogen and oxygen atoms in total. The Bertz CT molecular complexity index is 7230. The molecule has 0 bridgehead atoms. The molecule has 0 amide bonds. The lowest BCUT2D eigenvalue weighted by atomic mass is 9.85. The van der Waals surface area contributed by atoms with Gasteiger partial charge in [-0.15, -0.1) is 0 Å². The van der Waals surface area contributed by atoms with Crippen molar-refractivity contribution in [3.63, 3.8) is 0 Å². The molecule has 0 aliphatic carbocycles. The zero-order valence-electron chi connectivity index (χ0n) is 73.9. The number of hydrogen-bond acceptors (Lipinski definition) is 3. The second kappa shape index (κ2) is 22.4. The van der Waals surface area contributed by atoms with Gasteiger partial charge in [0.1, 0.15) is 22.3 Å². The summed E-state index contributed by atoms with van der Waals surface area (Å²) in [6, 6.07) is 36.4. The molecule has 18 rings (SSSR count). The molecule has 0 spiro atoms. The van der Waals surface area contributed by atoms with Crippen molar-refractivity contribution in [1.82, 2.24) is 4.98 Å². The standard InChI is InChI=1S/C44H29NO.C44H28O/c1-28-18-24-39-37(27-28)44-40(46-39)25-23-32(43(44)38-17-9-10-26-45-38)29-19-21-31(22-20-29)42-35-15-7-5-13-33(35)41(30-11-3-2-4-12-30)34-14-6-8-16-36(34)42;1-3-13-30(14-4-1)41-34-17-7-9-19-36(34)42(37-20-10-8-18-35(37)41)32-25-23-29(24-26-32)33-27-28-40-44(38-21-11-12-22-39(38)45-40)43(33)31-15-5-2-6-16-31/h2-27H,1H3;1-28H/i2D,3D,4D,5D,6D,7D,8D,11D,12D,13D,14D,15D,16D,18D,23D,24D,25D,27D;7D,8D,9D,10D,17D,18D,19D,20D. The maximum atomic E-state index is 9.33. The van der Waals surface area contributed by atoms with Crippen LogP contribution < -0.4 is 0 Å². The van der Waals surface area contributed by atoms with E-state index in [4.69, 9.17) is 34.9 Å². The van der Waals surface area contributed by atoms with E-state index in [0.717, 1.165) is 44.2 Å². The third-order valence-electron chi connectivity index (χ3n) is 16.4. The third kappa shape index (κ3) is 9.17. The van der Waals surface area contributed by atoms with Crippen molar-refractivity contribution in [2.24, 2.45) is 0 Å². The second-order valence-electron chi connectivity index (χ2n) is 21.6. The zero-order chi connectivity index (χ0) is 83.0. The fourth-order valence-electron chi connectivity index (χ4n) is 12.6. The Morgan fingerprint density at radius 2 is 0.692 bits per heavy atom. The van der Waals surface area contributed by atoms with Gasteiger partial charge in [-0.2, -0.15) is 0 Å². The molecule has 0 aliphatic rings. The first kappa shape index (κ1) is 32.9. The summed E-state index contributed by atoms with van der Waals surface area (Å²) >= 11 is 0. The summed E-state index contributed by atoms with van der Waals surface area (Å²) in [6.45, 7) is 1.53. The predicted octanol–water partition coefficient (Wildman–Crippen LogP) is 24.8. The molecule has 426 valence electrons. The Balaban J connectivity index is 0.000000171. The molecule has 0 aliphatic heterocycles. The van der Waals surface area contributed by atoms with Crippen LogP contribution in [0.5, 0.6) is 0 Å². The molecule has 3 heterocycles. The van der Waals surface area contributed by atoms with Crippen molar-refractivity contribution < 1.29 is 44.5 Å². The normalized spacial score (nSPS) is 15.6. The molecular formula is C88H57NO2. The third-order valence-corrected chi connectivity index (χ3v) is 16.4. The van der Waals surface area contributed by atoms with Gasteiger partial charge in [-0.25, -0.2) is 0 Å². The van der Waals surface area contributed by atoms with Crippen LogP contribution in [0.15, 0.2) is 336 Å². The van der Waals surface area contributed by atoms with Crippen LogP contribution in [0.2, 0.25) is 0 Å². The highest BCUT2D eigenvalue weighted by Gasteiger charge is 2.23. The lowest BCUT2D eigenvalue weighted by Gasteiger charge is -2.18. The van der Waals surface area contributed by atoms with Gasteiger partial charge in [-0.3, -0.25) is 4.98 Å². The second-order valence-corrected chi connectivity index (χ2v) is 21.6. The van der Waals surface area contributed by atoms with E-state index in [1.165, 1.54) is 25.3 Å². The van der Waals surface area contributed by atoms with Gasteiger partial charge in [-0.1, -0.05) is 278 Å². The Labute approximate surface area is 563 Å². The zero-order valence-corrected chi connectivity index (χ0v) is 47.9. The molecule has 0 saturated heterocycles. The van der Waals surface area contributed by atoms with Gasteiger partial charge in [0, 0.05) is 38.9 Å². The van der Waals surface area contributed by atoms with Crippen LogP contribution in [0.25, 0.3) is 176 Å². The van der Waals surface area contributed by atoms with E-state index < -0.39 is 114 Å². The number of rotatable bonds is 8. The lowest BCUT2D eigenvalue weighted by molar-refractivity contribution is 0.668. The fraction of sp³-hybridized carbons (Fsp3) is 0.0114. The highest BCUT2D eigenvalue weighted by atomic mass is 16.3. The van der Waals surface area contributed by atoms with Crippen LogP contribution in [0, 0.1) is 6.92 Å². The summed E-state index contributed by atoms with van der Waals surface area (Å²) in [7, 11) is 0. The summed E-state index contributed by atoms with van der Waals surface area (Å²) in [5, 5.41) is 1.93. The minimum absolute atomic E-state index is 0.0799. The maximum Gasteiger partial charge on any atom is 0.136 e. The van der Waals surface area contributed by atoms with Gasteiger partial charge in [0.15, 0.2) is 0 Å². The first-order chi connectivity index (χ1) is 55.9. The van der Waals surface area contributed by atoms with E-state index in [1.54, 1.807) is 54.6 Å². The van der Waals surface area contributed by atoms with Crippen LogP contribution in [0.3, 0.4) is 0 Å². The lowest BCUT2D eigenvalue weighted by Crippen LogP contribution is -1.92. The van der Waals surface area contributed by atoms with Crippen LogP contribution in [0.4, 0.5) is 0 Å². The highest BCUT2D eigenvalue weighted by molar-refractivity contribution is 6.24. The molecule has 91 heavy (non-hydrogen) atoms. The van der Waals surface area contributed by atoms with Crippen LogP contribution >= 0.6 is 0 Å². The van der Waals surface area contributed by atoms with Gasteiger partial charge in [0.05, 0.1) is 41.3 Å². The Kier molecular flexibility index (Phi) is 8.08. The summed E-state index contributed by atoms with van der Waals surface area (Å²) in [5.41, 5.74) is 7.48. The first-order valence-corrected chi connectivity index (χ1v) is 29.0. The highest BCUT2D eigenvalue weighted by Crippen LogP contribution is 2.49. The van der Waals surface area contributed by atoms with Gasteiger partial charge >= 0.3 is 0 Å². The number of fused-ring (bicyclic) bond motifs is 10. The Morgan fingerprint density at radius 1 is 0.264 bits per heavy atom. The van der Waals surface area contributed by atoms with Gasteiger partial charge < -0.3 is 8.83 Å². The van der Waals surface area contributed by atoms with E-state index in [0.29, 0.717) is 33.5 Å². The number of aromatic nitrogens is 1. The molecule has 15 aromatic carbocycles. The van der Waals surface area contributed by atoms with Crippen molar-refractivity contribution in [1.29, 1.82) is 0 Å². The number of furan rings is 2. The van der Waals surface area contributed by atoms with Crippen LogP contribution in [0.1, 0.15) is 41.2 Å². The number of pyridine rings is 1. The van der Waals surface area contributed by atoms with Gasteiger partial charge in [0.25, 0.3) is 0 Å².